The maximum atomic E-state index is 3.89. The van der Waals surface area contributed by atoms with Crippen LogP contribution < -0.4 is 0 Å². The molecule has 0 bridgehead atoms. The molecule has 2 aliphatic rings. The van der Waals surface area contributed by atoms with Crippen LogP contribution in [0.2, 0.25) is 0 Å². The smallest absolute Gasteiger partial charge is 0.0430 e. The van der Waals surface area contributed by atoms with E-state index in [0.29, 0.717) is 5.92 Å². The first-order valence-electron chi connectivity index (χ1n) is 5.55. The third-order valence-corrected chi connectivity index (χ3v) is 3.20. The summed E-state index contributed by atoms with van der Waals surface area (Å²) in [5.41, 5.74) is 4.67. The molecule has 0 aromatic heterocycles. The minimum atomic E-state index is 0.640. The van der Waals surface area contributed by atoms with Gasteiger partial charge in [0.1, 0.15) is 0 Å². The van der Waals surface area contributed by atoms with Crippen LogP contribution in [0.4, 0.5) is 0 Å². The molecule has 0 fully saturated rings. The Morgan fingerprint density at radius 1 is 1.43 bits per heavy atom. The Labute approximate surface area is 86.8 Å². The lowest BCUT2D eigenvalue weighted by atomic mass is 9.89. The average Bonchev–Trinajstić information content (AvgIpc) is 2.59. The van der Waals surface area contributed by atoms with Crippen molar-refractivity contribution in [2.24, 2.45) is 5.92 Å². The predicted octanol–water partition coefficient (Wildman–Crippen LogP) is 3.47. The van der Waals surface area contributed by atoms with Crippen molar-refractivity contribution in [1.82, 2.24) is 4.90 Å². The predicted molar refractivity (Wildman–Crippen MR) is 60.7 cm³/mol. The summed E-state index contributed by atoms with van der Waals surface area (Å²) in [6.45, 7) is 9.59. The van der Waals surface area contributed by atoms with E-state index >= 15 is 0 Å². The maximum Gasteiger partial charge on any atom is 0.0430 e. The van der Waals surface area contributed by atoms with Crippen molar-refractivity contribution in [2.75, 3.05) is 6.54 Å². The zero-order valence-electron chi connectivity index (χ0n) is 9.21. The highest BCUT2D eigenvalue weighted by atomic mass is 15.1. The summed E-state index contributed by atoms with van der Waals surface area (Å²) in [5, 5.41) is 0. The zero-order valence-corrected chi connectivity index (χ0v) is 9.21. The summed E-state index contributed by atoms with van der Waals surface area (Å²) in [4.78, 5) is 2.32. The van der Waals surface area contributed by atoms with Crippen molar-refractivity contribution in [3.05, 3.63) is 35.7 Å². The van der Waals surface area contributed by atoms with Crippen LogP contribution in [-0.2, 0) is 0 Å². The summed E-state index contributed by atoms with van der Waals surface area (Å²) < 4.78 is 0. The molecular weight excluding hydrogens is 170 g/mol. The molecule has 1 nitrogen and oxygen atoms in total. The second-order valence-corrected chi connectivity index (χ2v) is 4.43. The van der Waals surface area contributed by atoms with Gasteiger partial charge in [-0.2, -0.15) is 0 Å². The molecule has 0 aromatic carbocycles. The highest BCUT2D eigenvalue weighted by Gasteiger charge is 2.26. The molecular formula is C13H19N. The molecule has 0 spiro atoms. The molecule has 0 unspecified atom stereocenters. The van der Waals surface area contributed by atoms with E-state index in [1.807, 2.05) is 6.20 Å². The highest BCUT2D eigenvalue weighted by Crippen LogP contribution is 2.38. The Kier molecular flexibility index (Phi) is 2.49. The minimum Gasteiger partial charge on any atom is -0.348 e. The standard InChI is InChI=1S/C13H19N/c1-4-14-9-8-11-6-5-7-12(10(2)3)13(11)14/h4,7,10H,1,5-6,8-9H2,2-3H3. The first-order chi connectivity index (χ1) is 6.74. The monoisotopic (exact) mass is 189 g/mol. The fraction of sp³-hybridized carbons (Fsp3) is 0.538. The largest absolute Gasteiger partial charge is 0.348 e. The Morgan fingerprint density at radius 2 is 2.21 bits per heavy atom. The lowest BCUT2D eigenvalue weighted by molar-refractivity contribution is 0.504. The molecule has 76 valence electrons. The Morgan fingerprint density at radius 3 is 2.86 bits per heavy atom. The van der Waals surface area contributed by atoms with E-state index in [2.05, 4.69) is 31.4 Å². The summed E-state index contributed by atoms with van der Waals surface area (Å²) in [5.74, 6) is 0.640. The molecule has 0 saturated carbocycles. The fourth-order valence-electron chi connectivity index (χ4n) is 2.49. The third kappa shape index (κ3) is 1.41. The topological polar surface area (TPSA) is 3.24 Å². The summed E-state index contributed by atoms with van der Waals surface area (Å²) in [6, 6.07) is 0. The van der Waals surface area contributed by atoms with Gasteiger partial charge in [-0.25, -0.2) is 0 Å². The van der Waals surface area contributed by atoms with Gasteiger partial charge in [0.15, 0.2) is 0 Å². The summed E-state index contributed by atoms with van der Waals surface area (Å²) in [7, 11) is 0. The second-order valence-electron chi connectivity index (χ2n) is 4.43. The van der Waals surface area contributed by atoms with Gasteiger partial charge in [0, 0.05) is 12.2 Å². The minimum absolute atomic E-state index is 0.640. The van der Waals surface area contributed by atoms with Crippen LogP contribution in [0.15, 0.2) is 35.7 Å². The van der Waals surface area contributed by atoms with Gasteiger partial charge in [0.05, 0.1) is 0 Å². The van der Waals surface area contributed by atoms with E-state index < -0.39 is 0 Å². The number of rotatable bonds is 2. The Balaban J connectivity index is 2.35. The Bertz CT molecular complexity index is 307. The summed E-state index contributed by atoms with van der Waals surface area (Å²) >= 11 is 0. The molecule has 0 atom stereocenters. The van der Waals surface area contributed by atoms with Crippen molar-refractivity contribution in [1.29, 1.82) is 0 Å². The molecule has 1 aliphatic carbocycles. The third-order valence-electron chi connectivity index (χ3n) is 3.20. The molecule has 0 aromatic rings. The van der Waals surface area contributed by atoms with Crippen molar-refractivity contribution in [2.45, 2.75) is 33.1 Å². The van der Waals surface area contributed by atoms with E-state index in [9.17, 15) is 0 Å². The van der Waals surface area contributed by atoms with Crippen molar-refractivity contribution < 1.29 is 0 Å². The fourth-order valence-corrected chi connectivity index (χ4v) is 2.49. The van der Waals surface area contributed by atoms with Crippen LogP contribution in [0.1, 0.15) is 33.1 Å². The van der Waals surface area contributed by atoms with Crippen LogP contribution in [0.5, 0.6) is 0 Å². The van der Waals surface area contributed by atoms with Crippen LogP contribution in [0, 0.1) is 5.92 Å². The van der Waals surface area contributed by atoms with Gasteiger partial charge < -0.3 is 4.90 Å². The van der Waals surface area contributed by atoms with Gasteiger partial charge in [-0.1, -0.05) is 26.5 Å². The number of allylic oxidation sites excluding steroid dienone is 2. The molecule has 2 rings (SSSR count). The average molecular weight is 189 g/mol. The van der Waals surface area contributed by atoms with Crippen LogP contribution in [-0.4, -0.2) is 11.4 Å². The van der Waals surface area contributed by atoms with Gasteiger partial charge in [-0.15, -0.1) is 0 Å². The second kappa shape index (κ2) is 3.64. The number of nitrogens with zero attached hydrogens (tertiary/aromatic N) is 1. The van der Waals surface area contributed by atoms with Gasteiger partial charge >= 0.3 is 0 Å². The quantitative estimate of drug-likeness (QED) is 0.643. The SMILES string of the molecule is C=CN1CCC2=C1C(C(C)C)=CCC2. The van der Waals surface area contributed by atoms with Gasteiger partial charge in [-0.3, -0.25) is 0 Å². The zero-order chi connectivity index (χ0) is 10.1. The number of hydrogen-bond acceptors (Lipinski definition) is 1. The lowest BCUT2D eigenvalue weighted by Gasteiger charge is -2.25. The Hall–Kier alpha value is -0.980. The van der Waals surface area contributed by atoms with Crippen LogP contribution in [0.3, 0.4) is 0 Å². The highest BCUT2D eigenvalue weighted by molar-refractivity contribution is 5.42. The molecule has 0 N–H and O–H groups in total. The van der Waals surface area contributed by atoms with Gasteiger partial charge in [-0.05, 0) is 42.5 Å². The lowest BCUT2D eigenvalue weighted by Crippen LogP contribution is -2.16. The van der Waals surface area contributed by atoms with Crippen molar-refractivity contribution in [3.8, 4) is 0 Å². The van der Waals surface area contributed by atoms with Crippen molar-refractivity contribution in [3.63, 3.8) is 0 Å². The molecule has 1 heteroatoms. The van der Waals surface area contributed by atoms with E-state index in [1.165, 1.54) is 30.5 Å². The van der Waals surface area contributed by atoms with E-state index in [-0.39, 0.29) is 0 Å². The molecule has 1 heterocycles. The molecule has 1 aliphatic heterocycles. The van der Waals surface area contributed by atoms with E-state index in [4.69, 9.17) is 0 Å². The molecule has 0 saturated heterocycles. The van der Waals surface area contributed by atoms with Gasteiger partial charge in [0.25, 0.3) is 0 Å². The van der Waals surface area contributed by atoms with Crippen LogP contribution >= 0.6 is 0 Å². The molecule has 0 amide bonds. The maximum absolute atomic E-state index is 3.89. The van der Waals surface area contributed by atoms with Gasteiger partial charge in [0.2, 0.25) is 0 Å². The van der Waals surface area contributed by atoms with Crippen LogP contribution in [0.25, 0.3) is 0 Å². The molecule has 14 heavy (non-hydrogen) atoms. The van der Waals surface area contributed by atoms with Crippen molar-refractivity contribution >= 4 is 0 Å². The van der Waals surface area contributed by atoms with E-state index in [0.717, 1.165) is 6.54 Å². The first kappa shape index (κ1) is 9.57. The summed E-state index contributed by atoms with van der Waals surface area (Å²) in [6.07, 6.45) is 8.12. The van der Waals surface area contributed by atoms with E-state index in [1.54, 1.807) is 5.57 Å². The molecule has 0 radical (unpaired) electrons. The number of hydrogen-bond donors (Lipinski definition) is 0. The normalized spacial score (nSPS) is 21.4. The first-order valence-corrected chi connectivity index (χ1v) is 5.55.